The molecule has 10 nitrogen and oxygen atoms in total. The Bertz CT molecular complexity index is 1220. The number of carbonyl (C=O) groups excluding carboxylic acids is 1. The Labute approximate surface area is 170 Å². The second kappa shape index (κ2) is 8.43. The quantitative estimate of drug-likeness (QED) is 0.469. The molecule has 0 bridgehead atoms. The monoisotopic (exact) mass is 409 g/mol. The van der Waals surface area contributed by atoms with Crippen LogP contribution in [0, 0.1) is 10.1 Å². The van der Waals surface area contributed by atoms with Gasteiger partial charge in [-0.3, -0.25) is 29.3 Å². The predicted octanol–water partition coefficient (Wildman–Crippen LogP) is 1.74. The molecule has 1 aromatic heterocycles. The Morgan fingerprint density at radius 2 is 1.77 bits per heavy atom. The van der Waals surface area contributed by atoms with Crippen molar-refractivity contribution in [1.29, 1.82) is 0 Å². The van der Waals surface area contributed by atoms with Gasteiger partial charge in [0.05, 0.1) is 11.5 Å². The highest BCUT2D eigenvalue weighted by Crippen LogP contribution is 2.24. The predicted molar refractivity (Wildman–Crippen MR) is 112 cm³/mol. The lowest BCUT2D eigenvalue weighted by molar-refractivity contribution is -0.385. The van der Waals surface area contributed by atoms with E-state index in [-0.39, 0.29) is 30.2 Å². The molecule has 0 aliphatic rings. The number of nitrogens with two attached hydrogens (primary N) is 1. The first-order valence-corrected chi connectivity index (χ1v) is 9.07. The van der Waals surface area contributed by atoms with E-state index in [1.54, 1.807) is 31.2 Å². The molecule has 0 saturated carbocycles. The number of nitrogen functional groups attached to an aromatic ring is 1. The van der Waals surface area contributed by atoms with Crippen LogP contribution in [-0.2, 0) is 6.54 Å². The van der Waals surface area contributed by atoms with Crippen molar-refractivity contribution in [3.8, 4) is 0 Å². The van der Waals surface area contributed by atoms with Gasteiger partial charge < -0.3 is 10.6 Å². The second-order valence-corrected chi connectivity index (χ2v) is 6.39. The maximum absolute atomic E-state index is 13.1. The van der Waals surface area contributed by atoms with E-state index >= 15 is 0 Å². The van der Waals surface area contributed by atoms with Gasteiger partial charge in [-0.25, -0.2) is 4.79 Å². The van der Waals surface area contributed by atoms with Crippen molar-refractivity contribution >= 4 is 23.1 Å². The zero-order valence-corrected chi connectivity index (χ0v) is 16.1. The van der Waals surface area contributed by atoms with Crippen LogP contribution < -0.4 is 21.9 Å². The average Bonchev–Trinajstić information content (AvgIpc) is 2.74. The van der Waals surface area contributed by atoms with Crippen LogP contribution in [0.4, 0.5) is 17.2 Å². The van der Waals surface area contributed by atoms with Gasteiger partial charge in [-0.05, 0) is 18.6 Å². The molecule has 3 rings (SSSR count). The summed E-state index contributed by atoms with van der Waals surface area (Å²) in [6.07, 6.45) is 0. The largest absolute Gasteiger partial charge is 0.383 e. The standard InChI is InChI=1S/C20H19N5O5/c1-2-23(19(27)14-10-6-7-11-15(14)25(29)30)16-17(21)24(20(28)22-18(16)26)12-13-8-4-3-5-9-13/h3-11H,2,12,21H2,1H3,(H,22,26,28). The van der Waals surface area contributed by atoms with Gasteiger partial charge in [0, 0.05) is 12.6 Å². The topological polar surface area (TPSA) is 144 Å². The molecular formula is C20H19N5O5. The number of nitrogens with zero attached hydrogens (tertiary/aromatic N) is 3. The molecule has 0 aliphatic heterocycles. The highest BCUT2D eigenvalue weighted by Gasteiger charge is 2.28. The molecule has 1 heterocycles. The fourth-order valence-corrected chi connectivity index (χ4v) is 3.12. The highest BCUT2D eigenvalue weighted by atomic mass is 16.6. The Balaban J connectivity index is 2.13. The van der Waals surface area contributed by atoms with E-state index in [1.165, 1.54) is 24.3 Å². The average molecular weight is 409 g/mol. The molecule has 3 N–H and O–H groups in total. The number of hydrogen-bond donors (Lipinski definition) is 2. The summed E-state index contributed by atoms with van der Waals surface area (Å²) < 4.78 is 1.14. The van der Waals surface area contributed by atoms with Crippen molar-refractivity contribution in [2.75, 3.05) is 17.2 Å². The highest BCUT2D eigenvalue weighted by molar-refractivity contribution is 6.09. The van der Waals surface area contributed by atoms with Crippen molar-refractivity contribution < 1.29 is 9.72 Å². The summed E-state index contributed by atoms with van der Waals surface area (Å²) in [5.41, 5.74) is 4.50. The maximum atomic E-state index is 13.1. The van der Waals surface area contributed by atoms with Gasteiger partial charge in [-0.15, -0.1) is 0 Å². The first-order chi connectivity index (χ1) is 14.3. The first kappa shape index (κ1) is 20.5. The van der Waals surface area contributed by atoms with E-state index in [0.717, 1.165) is 15.0 Å². The summed E-state index contributed by atoms with van der Waals surface area (Å²) in [7, 11) is 0. The van der Waals surface area contributed by atoms with Crippen molar-refractivity contribution in [2.45, 2.75) is 13.5 Å². The molecule has 0 spiro atoms. The summed E-state index contributed by atoms with van der Waals surface area (Å²) in [5, 5.41) is 11.3. The minimum Gasteiger partial charge on any atom is -0.383 e. The Morgan fingerprint density at radius 1 is 1.13 bits per heavy atom. The molecule has 0 saturated heterocycles. The van der Waals surface area contributed by atoms with Crippen LogP contribution in [0.5, 0.6) is 0 Å². The van der Waals surface area contributed by atoms with Crippen molar-refractivity contribution in [2.24, 2.45) is 0 Å². The molecule has 0 aliphatic carbocycles. The van der Waals surface area contributed by atoms with E-state index in [1.807, 2.05) is 6.07 Å². The summed E-state index contributed by atoms with van der Waals surface area (Å²) in [5.74, 6) is -0.978. The number of aromatic amines is 1. The number of hydrogen-bond acceptors (Lipinski definition) is 6. The van der Waals surface area contributed by atoms with Gasteiger partial charge >= 0.3 is 5.69 Å². The van der Waals surface area contributed by atoms with E-state index in [0.29, 0.717) is 0 Å². The number of para-hydroxylation sites is 1. The summed E-state index contributed by atoms with van der Waals surface area (Å²) in [6, 6.07) is 14.4. The van der Waals surface area contributed by atoms with Crippen LogP contribution in [0.2, 0.25) is 0 Å². The number of nitro benzene ring substituents is 1. The summed E-state index contributed by atoms with van der Waals surface area (Å²) in [4.78, 5) is 51.8. The molecule has 0 unspecified atom stereocenters. The van der Waals surface area contributed by atoms with Crippen LogP contribution >= 0.6 is 0 Å². The SMILES string of the molecule is CCN(C(=O)c1ccccc1[N+](=O)[O-])c1c(N)n(Cc2ccccc2)c(=O)[nH]c1=O. The first-order valence-electron chi connectivity index (χ1n) is 9.07. The Kier molecular flexibility index (Phi) is 5.77. The number of H-pyrrole nitrogens is 1. The van der Waals surface area contributed by atoms with Gasteiger partial charge in [0.1, 0.15) is 11.4 Å². The molecule has 10 heteroatoms. The van der Waals surface area contributed by atoms with Gasteiger partial charge in [0.25, 0.3) is 17.2 Å². The van der Waals surface area contributed by atoms with Gasteiger partial charge in [-0.2, -0.15) is 0 Å². The van der Waals surface area contributed by atoms with Gasteiger partial charge in [-0.1, -0.05) is 42.5 Å². The third-order valence-electron chi connectivity index (χ3n) is 4.56. The number of nitrogens with one attached hydrogen (secondary N) is 1. The number of carbonyl (C=O) groups is 1. The normalized spacial score (nSPS) is 10.6. The number of anilines is 2. The molecule has 3 aromatic rings. The molecule has 2 aromatic carbocycles. The van der Waals surface area contributed by atoms with Gasteiger partial charge in [0.2, 0.25) is 0 Å². The lowest BCUT2D eigenvalue weighted by Gasteiger charge is -2.23. The third-order valence-corrected chi connectivity index (χ3v) is 4.56. The van der Waals surface area contributed by atoms with Crippen LogP contribution in [0.15, 0.2) is 64.2 Å². The van der Waals surface area contributed by atoms with Crippen molar-refractivity contribution in [1.82, 2.24) is 9.55 Å². The maximum Gasteiger partial charge on any atom is 0.330 e. The number of rotatable bonds is 6. The van der Waals surface area contributed by atoms with Crippen molar-refractivity contribution in [3.05, 3.63) is 96.7 Å². The smallest absolute Gasteiger partial charge is 0.330 e. The van der Waals surface area contributed by atoms with E-state index < -0.39 is 27.8 Å². The van der Waals surface area contributed by atoms with E-state index in [4.69, 9.17) is 5.73 Å². The lowest BCUT2D eigenvalue weighted by atomic mass is 10.1. The van der Waals surface area contributed by atoms with Crippen LogP contribution in [0.25, 0.3) is 0 Å². The number of benzene rings is 2. The summed E-state index contributed by atoms with van der Waals surface area (Å²) in [6.45, 7) is 1.67. The number of aromatic nitrogens is 2. The third kappa shape index (κ3) is 3.83. The fourth-order valence-electron chi connectivity index (χ4n) is 3.12. The van der Waals surface area contributed by atoms with Crippen LogP contribution in [0.1, 0.15) is 22.8 Å². The van der Waals surface area contributed by atoms with E-state index in [9.17, 15) is 24.5 Å². The molecule has 0 atom stereocenters. The van der Waals surface area contributed by atoms with E-state index in [2.05, 4.69) is 4.98 Å². The molecular weight excluding hydrogens is 390 g/mol. The molecule has 154 valence electrons. The fraction of sp³-hybridized carbons (Fsp3) is 0.150. The molecule has 0 radical (unpaired) electrons. The Morgan fingerprint density at radius 3 is 2.40 bits per heavy atom. The lowest BCUT2D eigenvalue weighted by Crippen LogP contribution is -2.41. The molecule has 30 heavy (non-hydrogen) atoms. The van der Waals surface area contributed by atoms with Crippen molar-refractivity contribution in [3.63, 3.8) is 0 Å². The number of amides is 1. The zero-order valence-electron chi connectivity index (χ0n) is 16.1. The Hall–Kier alpha value is -4.21. The minimum atomic E-state index is -0.851. The number of nitro groups is 1. The summed E-state index contributed by atoms with van der Waals surface area (Å²) >= 11 is 0. The zero-order chi connectivity index (χ0) is 21.8. The van der Waals surface area contributed by atoms with Gasteiger partial charge in [0.15, 0.2) is 5.69 Å². The minimum absolute atomic E-state index is 0.00169. The van der Waals surface area contributed by atoms with Crippen LogP contribution in [-0.4, -0.2) is 26.9 Å². The molecule has 0 fully saturated rings. The second-order valence-electron chi connectivity index (χ2n) is 6.39. The van der Waals surface area contributed by atoms with Crippen LogP contribution in [0.3, 0.4) is 0 Å². The molecule has 1 amide bonds.